The van der Waals surface area contributed by atoms with Crippen LogP contribution in [0.1, 0.15) is 30.6 Å². The first-order chi connectivity index (χ1) is 12.9. The van der Waals surface area contributed by atoms with Crippen LogP contribution in [-0.2, 0) is 0 Å². The van der Waals surface area contributed by atoms with Gasteiger partial charge in [0, 0.05) is 43.6 Å². The van der Waals surface area contributed by atoms with Crippen LogP contribution < -0.4 is 10.1 Å². The van der Waals surface area contributed by atoms with Gasteiger partial charge in [-0.3, -0.25) is 15.0 Å². The molecule has 2 rings (SSSR count). The number of benzene rings is 1. The summed E-state index contributed by atoms with van der Waals surface area (Å²) in [7, 11) is 0. The number of nitrogens with one attached hydrogen (secondary N) is 1. The minimum absolute atomic E-state index is 0.271. The lowest BCUT2D eigenvalue weighted by Crippen LogP contribution is -2.52. The third-order valence-electron chi connectivity index (χ3n) is 4.18. The van der Waals surface area contributed by atoms with E-state index >= 15 is 0 Å². The number of nitrogens with zero attached hydrogens (tertiary/aromatic N) is 3. The Morgan fingerprint density at radius 3 is 2.70 bits per heavy atom. The van der Waals surface area contributed by atoms with E-state index in [0.717, 1.165) is 37.2 Å². The maximum Gasteiger partial charge on any atom is 0.261 e. The third-order valence-corrected chi connectivity index (χ3v) is 5.03. The minimum Gasteiger partial charge on any atom is -0.492 e. The number of carbonyl (C=O) groups excluding carboxylic acids is 1. The summed E-state index contributed by atoms with van der Waals surface area (Å²) in [5.74, 6) is 0.642. The van der Waals surface area contributed by atoms with Crippen molar-refractivity contribution in [2.75, 3.05) is 39.3 Å². The predicted octanol–water partition coefficient (Wildman–Crippen LogP) is 3.03. The molecule has 1 saturated heterocycles. The van der Waals surface area contributed by atoms with Gasteiger partial charge in [-0.15, -0.1) is 0 Å². The molecule has 1 fully saturated rings. The molecule has 1 heterocycles. The molecule has 0 unspecified atom stereocenters. The Morgan fingerprint density at radius 2 is 2.07 bits per heavy atom. The average molecular weight is 453 g/mol. The number of hydrogen-bond acceptors (Lipinski definition) is 5. The molecule has 1 aliphatic rings. The van der Waals surface area contributed by atoms with Crippen LogP contribution in [0.4, 0.5) is 0 Å². The highest BCUT2D eigenvalue weighted by Gasteiger charge is 2.21. The zero-order chi connectivity index (χ0) is 19.8. The Hall–Kier alpha value is -1.69. The lowest BCUT2D eigenvalue weighted by Gasteiger charge is -2.35. The molecule has 0 spiro atoms. The molecule has 1 amide bonds. The van der Waals surface area contributed by atoms with Crippen molar-refractivity contribution in [2.45, 2.75) is 20.3 Å². The van der Waals surface area contributed by atoms with Crippen LogP contribution in [0.3, 0.4) is 0 Å². The van der Waals surface area contributed by atoms with Gasteiger partial charge in [-0.25, -0.2) is 0 Å². The first-order valence-corrected chi connectivity index (χ1v) is 10.2. The zero-order valence-corrected chi connectivity index (χ0v) is 18.1. The van der Waals surface area contributed by atoms with Gasteiger partial charge in [-0.05, 0) is 36.3 Å². The summed E-state index contributed by atoms with van der Waals surface area (Å²) in [4.78, 5) is 17.0. The predicted molar refractivity (Wildman–Crippen MR) is 113 cm³/mol. The van der Waals surface area contributed by atoms with Crippen LogP contribution in [0.25, 0.3) is 0 Å². The van der Waals surface area contributed by atoms with Crippen molar-refractivity contribution in [3.8, 4) is 11.8 Å². The van der Waals surface area contributed by atoms with Gasteiger partial charge >= 0.3 is 0 Å². The Kier molecular flexibility index (Phi) is 8.48. The van der Waals surface area contributed by atoms with E-state index in [0.29, 0.717) is 35.4 Å². The monoisotopic (exact) mass is 452 g/mol. The summed E-state index contributed by atoms with van der Waals surface area (Å²) in [5.41, 5.74) is 0.458. The molecule has 0 aliphatic carbocycles. The maximum absolute atomic E-state index is 12.7. The molecule has 8 heteroatoms. The Labute approximate surface area is 174 Å². The molecule has 1 aromatic rings. The van der Waals surface area contributed by atoms with Gasteiger partial charge < -0.3 is 9.64 Å². The van der Waals surface area contributed by atoms with Crippen LogP contribution in [0.2, 0.25) is 0 Å². The van der Waals surface area contributed by atoms with Crippen molar-refractivity contribution in [3.05, 3.63) is 28.2 Å². The molecule has 0 atom stereocenters. The normalized spacial score (nSPS) is 14.7. The fourth-order valence-corrected chi connectivity index (χ4v) is 3.32. The first kappa shape index (κ1) is 21.6. The van der Waals surface area contributed by atoms with Gasteiger partial charge in [-0.2, -0.15) is 5.26 Å². The van der Waals surface area contributed by atoms with E-state index in [4.69, 9.17) is 22.2 Å². The first-order valence-electron chi connectivity index (χ1n) is 9.02. The molecule has 0 aromatic heterocycles. The van der Waals surface area contributed by atoms with E-state index in [1.54, 1.807) is 12.1 Å². The Balaban J connectivity index is 1.96. The highest BCUT2D eigenvalue weighted by Crippen LogP contribution is 2.24. The number of carbonyl (C=O) groups is 1. The van der Waals surface area contributed by atoms with Crippen molar-refractivity contribution in [3.63, 3.8) is 0 Å². The molecule has 6 nitrogen and oxygen atoms in total. The number of ether oxygens (including phenoxy) is 1. The summed E-state index contributed by atoms with van der Waals surface area (Å²) in [6.45, 7) is 8.57. The summed E-state index contributed by atoms with van der Waals surface area (Å²) >= 11 is 8.84. The fourth-order valence-electron chi connectivity index (χ4n) is 2.69. The van der Waals surface area contributed by atoms with Crippen LogP contribution in [0.5, 0.6) is 5.75 Å². The summed E-state index contributed by atoms with van der Waals surface area (Å²) in [6, 6.07) is 7.55. The van der Waals surface area contributed by atoms with E-state index < -0.39 is 0 Å². The van der Waals surface area contributed by atoms with E-state index in [-0.39, 0.29) is 5.91 Å². The number of hydrogen-bond donors (Lipinski definition) is 1. The largest absolute Gasteiger partial charge is 0.492 e. The van der Waals surface area contributed by atoms with Crippen molar-refractivity contribution < 1.29 is 9.53 Å². The van der Waals surface area contributed by atoms with Crippen molar-refractivity contribution in [1.82, 2.24) is 15.1 Å². The van der Waals surface area contributed by atoms with Gasteiger partial charge in [0.1, 0.15) is 5.75 Å². The van der Waals surface area contributed by atoms with Gasteiger partial charge in [0.25, 0.3) is 5.91 Å². The summed E-state index contributed by atoms with van der Waals surface area (Å²) in [6.07, 6.45) is 0.531. The lowest BCUT2D eigenvalue weighted by atomic mass is 10.2. The van der Waals surface area contributed by atoms with Crippen LogP contribution >= 0.6 is 28.1 Å². The van der Waals surface area contributed by atoms with Crippen molar-refractivity contribution in [1.29, 1.82) is 5.26 Å². The van der Waals surface area contributed by atoms with E-state index in [1.807, 2.05) is 11.0 Å². The van der Waals surface area contributed by atoms with Gasteiger partial charge in [0.2, 0.25) is 0 Å². The van der Waals surface area contributed by atoms with Gasteiger partial charge in [0.15, 0.2) is 5.11 Å². The lowest BCUT2D eigenvalue weighted by molar-refractivity contribution is 0.0965. The van der Waals surface area contributed by atoms with Crippen molar-refractivity contribution >= 4 is 39.2 Å². The molecule has 27 heavy (non-hydrogen) atoms. The SMILES string of the molecule is CC(C)COc1ccc(Br)cc1C(=O)NC(=S)N1CCN(CCC#N)CC1. The third kappa shape index (κ3) is 6.76. The molecule has 1 aromatic carbocycles. The smallest absolute Gasteiger partial charge is 0.261 e. The molecule has 0 bridgehead atoms. The number of amides is 1. The average Bonchev–Trinajstić information content (AvgIpc) is 2.65. The molecular weight excluding hydrogens is 428 g/mol. The van der Waals surface area contributed by atoms with Gasteiger partial charge in [0.05, 0.1) is 18.2 Å². The second-order valence-electron chi connectivity index (χ2n) is 6.84. The van der Waals surface area contributed by atoms with Gasteiger partial charge in [-0.1, -0.05) is 29.8 Å². The summed E-state index contributed by atoms with van der Waals surface area (Å²) in [5, 5.41) is 11.9. The van der Waals surface area contributed by atoms with Crippen LogP contribution in [-0.4, -0.2) is 60.2 Å². The number of piperazine rings is 1. The molecule has 146 valence electrons. The topological polar surface area (TPSA) is 68.6 Å². The van der Waals surface area contributed by atoms with E-state index in [2.05, 4.69) is 46.1 Å². The highest BCUT2D eigenvalue weighted by atomic mass is 79.9. The van der Waals surface area contributed by atoms with E-state index in [1.165, 1.54) is 0 Å². The second-order valence-corrected chi connectivity index (χ2v) is 8.14. The Bertz CT molecular complexity index is 712. The number of halogens is 1. The van der Waals surface area contributed by atoms with Crippen LogP contribution in [0, 0.1) is 17.2 Å². The number of rotatable bonds is 6. The second kappa shape index (κ2) is 10.6. The number of thiocarbonyl (C=S) groups is 1. The highest BCUT2D eigenvalue weighted by molar-refractivity contribution is 9.10. The standard InChI is InChI=1S/C19H25BrN4O2S/c1-14(2)13-26-17-5-4-15(20)12-16(17)18(25)22-19(27)24-10-8-23(9-11-24)7-3-6-21/h4-5,12,14H,3,7-11,13H2,1-2H3,(H,22,25,27). The van der Waals surface area contributed by atoms with Crippen molar-refractivity contribution in [2.24, 2.45) is 5.92 Å². The molecule has 0 radical (unpaired) electrons. The molecule has 1 aliphatic heterocycles. The zero-order valence-electron chi connectivity index (χ0n) is 15.7. The maximum atomic E-state index is 12.7. The fraction of sp³-hybridized carbons (Fsp3) is 0.526. The number of nitriles is 1. The van der Waals surface area contributed by atoms with E-state index in [9.17, 15) is 4.79 Å². The quantitative estimate of drug-likeness (QED) is 0.668. The van der Waals surface area contributed by atoms with Crippen LogP contribution in [0.15, 0.2) is 22.7 Å². The summed E-state index contributed by atoms with van der Waals surface area (Å²) < 4.78 is 6.59. The molecule has 0 saturated carbocycles. The Morgan fingerprint density at radius 1 is 1.37 bits per heavy atom. The molecule has 1 N–H and O–H groups in total. The molecular formula is C19H25BrN4O2S. The minimum atomic E-state index is -0.271.